The molecule has 2 aromatic carbocycles. The summed E-state index contributed by atoms with van der Waals surface area (Å²) in [6, 6.07) is 10.9. The van der Waals surface area contributed by atoms with E-state index in [9.17, 15) is 18.9 Å². The zero-order chi connectivity index (χ0) is 32.1. The number of aliphatic hydroxyl groups excluding tert-OH is 1. The predicted molar refractivity (Wildman–Crippen MR) is 160 cm³/mol. The molecule has 14 heteroatoms. The first kappa shape index (κ1) is 32.9. The van der Waals surface area contributed by atoms with Crippen LogP contribution in [0.3, 0.4) is 0 Å². The maximum atomic E-state index is 13.8. The minimum Gasteiger partial charge on any atom is -0.482 e. The third-order valence-electron chi connectivity index (χ3n) is 8.08. The second-order valence-corrected chi connectivity index (χ2v) is 13.5. The molecule has 1 amide bonds. The topological polar surface area (TPSA) is 162 Å². The molecule has 5 rings (SSSR count). The summed E-state index contributed by atoms with van der Waals surface area (Å²) < 4.78 is 48.6. The van der Waals surface area contributed by atoms with Gasteiger partial charge in [-0.05, 0) is 48.6 Å². The molecule has 246 valence electrons. The van der Waals surface area contributed by atoms with Crippen molar-refractivity contribution in [1.29, 1.82) is 0 Å². The lowest BCUT2D eigenvalue weighted by atomic mass is 9.84. The van der Waals surface area contributed by atoms with E-state index in [0.29, 0.717) is 41.7 Å². The van der Waals surface area contributed by atoms with E-state index in [4.69, 9.17) is 33.5 Å². The number of aliphatic carboxylic acids is 1. The van der Waals surface area contributed by atoms with Crippen molar-refractivity contribution in [3.8, 4) is 17.2 Å². The van der Waals surface area contributed by atoms with Gasteiger partial charge < -0.3 is 44.0 Å². The van der Waals surface area contributed by atoms with Crippen LogP contribution in [-0.2, 0) is 36.4 Å². The average molecular weight is 649 g/mol. The molecular weight excluding hydrogens is 608 g/mol. The van der Waals surface area contributed by atoms with Crippen LogP contribution in [0.25, 0.3) is 0 Å². The van der Waals surface area contributed by atoms with Crippen LogP contribution in [0.2, 0.25) is 0 Å². The number of hydrogen-bond donors (Lipinski definition) is 3. The van der Waals surface area contributed by atoms with E-state index in [2.05, 4.69) is 5.32 Å². The lowest BCUT2D eigenvalue weighted by molar-refractivity contribution is -0.139. The number of hydrogen-bond acceptors (Lipinski definition) is 10. The number of benzene rings is 2. The number of carboxylic acids is 1. The predicted octanol–water partition coefficient (Wildman–Crippen LogP) is 2.71. The number of alkyl carbamates (subject to hydrolysis) is 1. The third kappa shape index (κ3) is 8.05. The maximum absolute atomic E-state index is 13.8. The highest BCUT2D eigenvalue weighted by atomic mass is 32.2. The highest BCUT2D eigenvalue weighted by Gasteiger charge is 2.54. The van der Waals surface area contributed by atoms with Crippen LogP contribution in [0.15, 0.2) is 47.4 Å². The van der Waals surface area contributed by atoms with Gasteiger partial charge in [-0.25, -0.2) is 18.1 Å². The summed E-state index contributed by atoms with van der Waals surface area (Å²) in [6.45, 7) is 6.66. The Hall–Kier alpha value is -3.43. The normalized spacial score (nSPS) is 23.9. The Morgan fingerprint density at radius 3 is 2.60 bits per heavy atom. The Bertz CT molecular complexity index is 1370. The van der Waals surface area contributed by atoms with E-state index in [-0.39, 0.29) is 32.3 Å². The van der Waals surface area contributed by atoms with Gasteiger partial charge in [-0.1, -0.05) is 32.9 Å². The largest absolute Gasteiger partial charge is 0.482 e. The first-order chi connectivity index (χ1) is 21.5. The van der Waals surface area contributed by atoms with Crippen molar-refractivity contribution in [3.05, 3.63) is 48.0 Å². The lowest BCUT2D eigenvalue weighted by Crippen LogP contribution is -2.51. The Morgan fingerprint density at radius 2 is 1.87 bits per heavy atom. The molecule has 0 aliphatic carbocycles. The molecule has 3 aliphatic heterocycles. The van der Waals surface area contributed by atoms with E-state index in [0.717, 1.165) is 5.56 Å². The van der Waals surface area contributed by atoms with Crippen LogP contribution >= 0.6 is 0 Å². The monoisotopic (exact) mass is 648 g/mol. The fraction of sp³-hybridized carbons (Fsp3) is 0.548. The molecule has 0 bridgehead atoms. The number of amides is 1. The second-order valence-electron chi connectivity index (χ2n) is 12.0. The standard InChI is InChI=1S/C31H40N2O11S/c1-19(2)14-33(45(38)22-8-9-25-26(13-22)43-18-42-25)15-24(34)23(12-20-4-6-21(7-5-20)40-17-28(35)36)32-30(37)44-27-16-41-29-31(27,3)10-11-39-29/h4-9,13,19,23-24,27,29,34H,10-12,14-18H2,1-3H3,(H,32,37)(H,35,36)/t23-,24+,27-,29+,31-,45?/m0/s1. The zero-order valence-corrected chi connectivity index (χ0v) is 26.3. The van der Waals surface area contributed by atoms with Crippen molar-refractivity contribution in [2.24, 2.45) is 11.3 Å². The van der Waals surface area contributed by atoms with E-state index in [1.54, 1.807) is 46.8 Å². The lowest BCUT2D eigenvalue weighted by Gasteiger charge is -2.31. The first-order valence-electron chi connectivity index (χ1n) is 14.9. The first-order valence-corrected chi connectivity index (χ1v) is 16.0. The molecule has 2 fully saturated rings. The highest BCUT2D eigenvalue weighted by Crippen LogP contribution is 2.44. The minimum atomic E-state index is -1.65. The summed E-state index contributed by atoms with van der Waals surface area (Å²) in [5, 5.41) is 23.3. The number of rotatable bonds is 14. The molecule has 0 radical (unpaired) electrons. The molecule has 1 unspecified atom stereocenters. The second kappa shape index (κ2) is 14.3. The number of carboxylic acid groups (broad SMARTS) is 1. The number of nitrogens with zero attached hydrogens (tertiary/aromatic N) is 1. The average Bonchev–Trinajstić information content (AvgIpc) is 3.70. The molecule has 6 atom stereocenters. The molecule has 0 saturated carbocycles. The van der Waals surface area contributed by atoms with Crippen molar-refractivity contribution >= 4 is 23.0 Å². The summed E-state index contributed by atoms with van der Waals surface area (Å²) in [4.78, 5) is 24.6. The Balaban J connectivity index is 1.32. The zero-order valence-electron chi connectivity index (χ0n) is 25.5. The van der Waals surface area contributed by atoms with Gasteiger partial charge in [0.1, 0.15) is 22.8 Å². The molecule has 2 saturated heterocycles. The van der Waals surface area contributed by atoms with Crippen molar-refractivity contribution < 1.29 is 52.4 Å². The molecule has 3 heterocycles. The van der Waals surface area contributed by atoms with E-state index < -0.39 is 59.6 Å². The van der Waals surface area contributed by atoms with Crippen molar-refractivity contribution in [3.63, 3.8) is 0 Å². The van der Waals surface area contributed by atoms with E-state index >= 15 is 0 Å². The molecule has 13 nitrogen and oxygen atoms in total. The van der Waals surface area contributed by atoms with Gasteiger partial charge in [0.25, 0.3) is 0 Å². The number of fused-ring (bicyclic) bond motifs is 2. The molecule has 0 spiro atoms. The Morgan fingerprint density at radius 1 is 1.11 bits per heavy atom. The van der Waals surface area contributed by atoms with Crippen LogP contribution in [0.1, 0.15) is 32.8 Å². The summed E-state index contributed by atoms with van der Waals surface area (Å²) >= 11 is 0. The fourth-order valence-corrected chi connectivity index (χ4v) is 7.00. The van der Waals surface area contributed by atoms with Gasteiger partial charge in [0.15, 0.2) is 24.4 Å². The van der Waals surface area contributed by atoms with Gasteiger partial charge >= 0.3 is 12.1 Å². The quantitative estimate of drug-likeness (QED) is 0.276. The summed E-state index contributed by atoms with van der Waals surface area (Å²) in [5.41, 5.74) is 0.280. The van der Waals surface area contributed by atoms with Gasteiger partial charge in [-0.3, -0.25) is 0 Å². The highest BCUT2D eigenvalue weighted by molar-refractivity contribution is 7.82. The summed E-state index contributed by atoms with van der Waals surface area (Å²) in [7, 11) is -1.65. The van der Waals surface area contributed by atoms with Gasteiger partial charge in [0.05, 0.1) is 35.7 Å². The van der Waals surface area contributed by atoms with Crippen LogP contribution in [-0.4, -0.2) is 95.0 Å². The van der Waals surface area contributed by atoms with Gasteiger partial charge in [0, 0.05) is 19.2 Å². The van der Waals surface area contributed by atoms with E-state index in [1.807, 2.05) is 20.8 Å². The number of ether oxygens (including phenoxy) is 6. The van der Waals surface area contributed by atoms with Crippen molar-refractivity contribution in [2.75, 3.05) is 39.7 Å². The smallest absolute Gasteiger partial charge is 0.407 e. The van der Waals surface area contributed by atoms with Crippen LogP contribution < -0.4 is 19.5 Å². The molecule has 45 heavy (non-hydrogen) atoms. The third-order valence-corrected chi connectivity index (χ3v) is 9.51. The summed E-state index contributed by atoms with van der Waals surface area (Å²) in [6.07, 6.45) is -1.94. The Labute approximate surface area is 264 Å². The van der Waals surface area contributed by atoms with Crippen LogP contribution in [0.5, 0.6) is 17.2 Å². The number of carbonyl (C=O) groups is 2. The fourth-order valence-electron chi connectivity index (χ4n) is 5.59. The van der Waals surface area contributed by atoms with Crippen LogP contribution in [0.4, 0.5) is 4.79 Å². The van der Waals surface area contributed by atoms with Crippen LogP contribution in [0, 0.1) is 11.3 Å². The van der Waals surface area contributed by atoms with Gasteiger partial charge in [-0.15, -0.1) is 0 Å². The number of nitrogens with one attached hydrogen (secondary N) is 1. The molecular formula is C31H40N2O11S. The van der Waals surface area contributed by atoms with Crippen molar-refractivity contribution in [1.82, 2.24) is 9.62 Å². The number of carbonyl (C=O) groups excluding carboxylic acids is 1. The molecule has 0 aromatic heterocycles. The van der Waals surface area contributed by atoms with Gasteiger partial charge in [-0.2, -0.15) is 0 Å². The number of aliphatic hydroxyl groups is 1. The Kier molecular flexibility index (Phi) is 10.5. The van der Waals surface area contributed by atoms with E-state index in [1.165, 1.54) is 0 Å². The maximum Gasteiger partial charge on any atom is 0.407 e. The molecule has 3 N–H and O–H groups in total. The SMILES string of the molecule is CC(C)CN(C[C@@H](O)[C@H](Cc1ccc(OCC(=O)O)cc1)NC(=O)O[C@H]1CO[C@H]2OCC[C@]21C)S(=O)c1ccc2c(c1)OCO2. The minimum absolute atomic E-state index is 0.0237. The summed E-state index contributed by atoms with van der Waals surface area (Å²) in [5.74, 6) is 0.477. The van der Waals surface area contributed by atoms with Gasteiger partial charge in [0.2, 0.25) is 6.79 Å². The van der Waals surface area contributed by atoms with Crippen molar-refractivity contribution in [2.45, 2.75) is 63.0 Å². The molecule has 3 aliphatic rings. The molecule has 2 aromatic rings.